The molecule has 3 rings (SSSR count). The van der Waals surface area contributed by atoms with Crippen molar-refractivity contribution >= 4 is 28.9 Å². The van der Waals surface area contributed by atoms with Crippen LogP contribution < -0.4 is 5.32 Å². The van der Waals surface area contributed by atoms with E-state index in [-0.39, 0.29) is 18.1 Å². The van der Waals surface area contributed by atoms with E-state index in [0.717, 1.165) is 16.8 Å². The second-order valence-electron chi connectivity index (χ2n) is 6.96. The van der Waals surface area contributed by atoms with Crippen molar-refractivity contribution in [3.8, 4) is 0 Å². The van der Waals surface area contributed by atoms with Crippen LogP contribution in [0.15, 0.2) is 53.5 Å². The maximum absolute atomic E-state index is 12.6. The Labute approximate surface area is 152 Å². The molecule has 1 amide bonds. The highest BCUT2D eigenvalue weighted by Crippen LogP contribution is 2.27. The minimum absolute atomic E-state index is 0.182. The Morgan fingerprint density at radius 1 is 1.16 bits per heavy atom. The summed E-state index contributed by atoms with van der Waals surface area (Å²) in [5.41, 5.74) is 2.84. The highest BCUT2D eigenvalue weighted by molar-refractivity contribution is 6.32. The van der Waals surface area contributed by atoms with Gasteiger partial charge >= 0.3 is 0 Å². The van der Waals surface area contributed by atoms with Gasteiger partial charge in [-0.15, -0.1) is 0 Å². The largest absolute Gasteiger partial charge is 0.373 e. The predicted octanol–water partition coefficient (Wildman–Crippen LogP) is 4.31. The molecule has 2 aromatic rings. The molecule has 1 unspecified atom stereocenters. The van der Waals surface area contributed by atoms with Crippen LogP contribution in [0.2, 0.25) is 5.02 Å². The van der Waals surface area contributed by atoms with E-state index in [1.165, 1.54) is 0 Å². The van der Waals surface area contributed by atoms with Crippen LogP contribution >= 0.6 is 11.6 Å². The first-order chi connectivity index (χ1) is 11.8. The van der Waals surface area contributed by atoms with E-state index in [0.29, 0.717) is 10.7 Å². The van der Waals surface area contributed by atoms with Crippen LogP contribution in [0.25, 0.3) is 0 Å². The number of carbonyl (C=O) groups is 1. The van der Waals surface area contributed by atoms with Gasteiger partial charge in [-0.2, -0.15) is 0 Å². The standard InChI is InChI=1S/C20H21ClN2O2/c1-20(2,3)25-12-17-19(24)23-16-10-9-14(21)11-15(16)18(22-17)13-7-5-4-6-8-13/h4-11,17H,12H2,1-3H3,(H,23,24). The van der Waals surface area contributed by atoms with Gasteiger partial charge < -0.3 is 10.1 Å². The molecular formula is C20H21ClN2O2. The normalized spacial score (nSPS) is 17.4. The number of benzene rings is 2. The molecule has 1 atom stereocenters. The monoisotopic (exact) mass is 356 g/mol. The van der Waals surface area contributed by atoms with Crippen molar-refractivity contribution in [1.82, 2.24) is 0 Å². The molecule has 0 aromatic heterocycles. The fourth-order valence-corrected chi connectivity index (χ4v) is 2.76. The third-order valence-electron chi connectivity index (χ3n) is 3.80. The zero-order valence-corrected chi connectivity index (χ0v) is 15.3. The Morgan fingerprint density at radius 2 is 1.88 bits per heavy atom. The average molecular weight is 357 g/mol. The van der Waals surface area contributed by atoms with Crippen LogP contribution in [0, 0.1) is 0 Å². The van der Waals surface area contributed by atoms with Gasteiger partial charge in [-0.05, 0) is 39.0 Å². The number of fused-ring (bicyclic) bond motifs is 1. The average Bonchev–Trinajstić information content (AvgIpc) is 2.69. The van der Waals surface area contributed by atoms with Gasteiger partial charge in [0.25, 0.3) is 5.91 Å². The fraction of sp³-hybridized carbons (Fsp3) is 0.300. The number of carbonyl (C=O) groups excluding carboxylic acids is 1. The zero-order valence-electron chi connectivity index (χ0n) is 14.5. The molecule has 4 nitrogen and oxygen atoms in total. The summed E-state index contributed by atoms with van der Waals surface area (Å²) >= 11 is 6.18. The molecule has 5 heteroatoms. The maximum atomic E-state index is 12.6. The number of halogens is 1. The number of amides is 1. The number of rotatable bonds is 3. The van der Waals surface area contributed by atoms with Crippen molar-refractivity contribution < 1.29 is 9.53 Å². The van der Waals surface area contributed by atoms with Crippen LogP contribution in [-0.4, -0.2) is 29.9 Å². The molecule has 0 bridgehead atoms. The zero-order chi connectivity index (χ0) is 18.0. The molecule has 0 spiro atoms. The second-order valence-corrected chi connectivity index (χ2v) is 7.40. The maximum Gasteiger partial charge on any atom is 0.251 e. The van der Waals surface area contributed by atoms with Gasteiger partial charge in [0.15, 0.2) is 6.04 Å². The van der Waals surface area contributed by atoms with Gasteiger partial charge in [0.1, 0.15) is 0 Å². The molecule has 1 aliphatic rings. The fourth-order valence-electron chi connectivity index (χ4n) is 2.59. The lowest BCUT2D eigenvalue weighted by Gasteiger charge is -2.21. The summed E-state index contributed by atoms with van der Waals surface area (Å²) in [5.74, 6) is -0.182. The third-order valence-corrected chi connectivity index (χ3v) is 4.04. The lowest BCUT2D eigenvalue weighted by molar-refractivity contribution is -0.120. The Kier molecular flexibility index (Phi) is 4.93. The molecule has 0 fully saturated rings. The molecule has 130 valence electrons. The molecule has 25 heavy (non-hydrogen) atoms. The highest BCUT2D eigenvalue weighted by atomic mass is 35.5. The summed E-state index contributed by atoms with van der Waals surface area (Å²) < 4.78 is 5.81. The van der Waals surface area contributed by atoms with Crippen molar-refractivity contribution in [3.63, 3.8) is 0 Å². The summed E-state index contributed by atoms with van der Waals surface area (Å²) in [6.07, 6.45) is 0. The number of aliphatic imine (C=N–C) groups is 1. The van der Waals surface area contributed by atoms with Crippen LogP contribution in [0.4, 0.5) is 5.69 Å². The highest BCUT2D eigenvalue weighted by Gasteiger charge is 2.27. The number of nitrogens with one attached hydrogen (secondary N) is 1. The van der Waals surface area contributed by atoms with Crippen LogP contribution in [0.3, 0.4) is 0 Å². The van der Waals surface area contributed by atoms with E-state index in [1.807, 2.05) is 57.2 Å². The van der Waals surface area contributed by atoms with Crippen molar-refractivity contribution in [3.05, 3.63) is 64.7 Å². The molecular weight excluding hydrogens is 336 g/mol. The first-order valence-electron chi connectivity index (χ1n) is 8.21. The Hall–Kier alpha value is -2.17. The third kappa shape index (κ3) is 4.27. The Balaban J connectivity index is 2.07. The van der Waals surface area contributed by atoms with Crippen molar-refractivity contribution in [2.24, 2.45) is 4.99 Å². The summed E-state index contributed by atoms with van der Waals surface area (Å²) in [4.78, 5) is 17.4. The number of ether oxygens (including phenoxy) is 1. The lowest BCUT2D eigenvalue weighted by atomic mass is 10.0. The Bertz CT molecular complexity index is 810. The van der Waals surface area contributed by atoms with Gasteiger partial charge in [-0.25, -0.2) is 0 Å². The van der Waals surface area contributed by atoms with E-state index in [4.69, 9.17) is 21.3 Å². The van der Waals surface area contributed by atoms with Crippen LogP contribution in [-0.2, 0) is 9.53 Å². The second kappa shape index (κ2) is 6.98. The number of anilines is 1. The van der Waals surface area contributed by atoms with Gasteiger partial charge in [-0.1, -0.05) is 41.9 Å². The topological polar surface area (TPSA) is 50.7 Å². The smallest absolute Gasteiger partial charge is 0.251 e. The van der Waals surface area contributed by atoms with Gasteiger partial charge in [0.05, 0.1) is 23.6 Å². The molecule has 0 saturated heterocycles. The summed E-state index contributed by atoms with van der Waals surface area (Å²) in [6, 6.07) is 14.6. The van der Waals surface area contributed by atoms with Crippen molar-refractivity contribution in [2.45, 2.75) is 32.4 Å². The summed E-state index contributed by atoms with van der Waals surface area (Å²) in [7, 11) is 0. The van der Waals surface area contributed by atoms with E-state index in [2.05, 4.69) is 5.32 Å². The minimum atomic E-state index is -0.624. The van der Waals surface area contributed by atoms with Gasteiger partial charge in [-0.3, -0.25) is 9.79 Å². The molecule has 2 aromatic carbocycles. The molecule has 0 radical (unpaired) electrons. The molecule has 1 heterocycles. The number of hydrogen-bond acceptors (Lipinski definition) is 3. The van der Waals surface area contributed by atoms with Crippen molar-refractivity contribution in [2.75, 3.05) is 11.9 Å². The van der Waals surface area contributed by atoms with Crippen LogP contribution in [0.1, 0.15) is 31.9 Å². The van der Waals surface area contributed by atoms with Gasteiger partial charge in [0.2, 0.25) is 0 Å². The number of hydrogen-bond donors (Lipinski definition) is 1. The number of benzodiazepines with no additional fused rings is 1. The van der Waals surface area contributed by atoms with E-state index < -0.39 is 6.04 Å². The van der Waals surface area contributed by atoms with Gasteiger partial charge in [0, 0.05) is 16.1 Å². The van der Waals surface area contributed by atoms with Crippen molar-refractivity contribution in [1.29, 1.82) is 0 Å². The minimum Gasteiger partial charge on any atom is -0.373 e. The summed E-state index contributed by atoms with van der Waals surface area (Å²) in [5, 5.41) is 3.54. The molecule has 1 N–H and O–H groups in total. The van der Waals surface area contributed by atoms with E-state index in [9.17, 15) is 4.79 Å². The molecule has 0 saturated carbocycles. The Morgan fingerprint density at radius 3 is 2.56 bits per heavy atom. The predicted molar refractivity (Wildman–Crippen MR) is 102 cm³/mol. The lowest BCUT2D eigenvalue weighted by Crippen LogP contribution is -2.33. The van der Waals surface area contributed by atoms with E-state index in [1.54, 1.807) is 12.1 Å². The summed E-state index contributed by atoms with van der Waals surface area (Å²) in [6.45, 7) is 6.08. The first kappa shape index (κ1) is 17.6. The van der Waals surface area contributed by atoms with Crippen LogP contribution in [0.5, 0.6) is 0 Å². The van der Waals surface area contributed by atoms with E-state index >= 15 is 0 Å². The molecule has 0 aliphatic carbocycles. The number of nitrogens with zero attached hydrogens (tertiary/aromatic N) is 1. The molecule has 1 aliphatic heterocycles. The SMILES string of the molecule is CC(C)(C)OCC1N=C(c2ccccc2)c2cc(Cl)ccc2NC1=O. The quantitative estimate of drug-likeness (QED) is 0.890. The first-order valence-corrected chi connectivity index (χ1v) is 8.59.